The second-order valence-corrected chi connectivity index (χ2v) is 11.6. The summed E-state index contributed by atoms with van der Waals surface area (Å²) in [4.78, 5) is 24.8. The average molecular weight is 589 g/mol. The molecule has 3 fully saturated rings. The van der Waals surface area contributed by atoms with Crippen LogP contribution in [0.25, 0.3) is 0 Å². The first-order chi connectivity index (χ1) is 20.3. The van der Waals surface area contributed by atoms with Gasteiger partial charge in [0.15, 0.2) is 0 Å². The number of fused-ring (bicyclic) bond motifs is 1. The van der Waals surface area contributed by atoms with Gasteiger partial charge in [-0.3, -0.25) is 4.79 Å². The quantitative estimate of drug-likeness (QED) is 0.349. The van der Waals surface area contributed by atoms with Crippen LogP contribution in [0.1, 0.15) is 80.9 Å². The Morgan fingerprint density at radius 3 is 2.76 bits per heavy atom. The number of alkyl halides is 3. The first-order valence-electron chi connectivity index (χ1n) is 15.5. The van der Waals surface area contributed by atoms with Crippen molar-refractivity contribution in [3.05, 3.63) is 41.1 Å². The zero-order valence-electron chi connectivity index (χ0n) is 24.5. The molecule has 8 nitrogen and oxygen atoms in total. The lowest BCUT2D eigenvalue weighted by Crippen LogP contribution is -2.33. The van der Waals surface area contributed by atoms with Crippen LogP contribution in [0.15, 0.2) is 24.4 Å². The van der Waals surface area contributed by atoms with Crippen LogP contribution in [0.3, 0.4) is 0 Å². The minimum Gasteiger partial charge on any atom is -0.379 e. The predicted molar refractivity (Wildman–Crippen MR) is 157 cm³/mol. The van der Waals surface area contributed by atoms with Gasteiger partial charge in [-0.05, 0) is 81.1 Å². The molecule has 3 saturated heterocycles. The highest BCUT2D eigenvalue weighted by atomic mass is 19.4. The number of hydrogen-bond donors (Lipinski definition) is 2. The number of ether oxygens (including phenoxy) is 1. The second-order valence-electron chi connectivity index (χ2n) is 11.6. The van der Waals surface area contributed by atoms with Crippen molar-refractivity contribution in [2.24, 2.45) is 0 Å². The molecule has 3 aliphatic heterocycles. The van der Waals surface area contributed by atoms with E-state index >= 15 is 0 Å². The van der Waals surface area contributed by atoms with E-state index in [2.05, 4.69) is 44.6 Å². The smallest absolute Gasteiger partial charge is 0.379 e. The number of rotatable bonds is 9. The normalized spacial score (nSPS) is 22.3. The van der Waals surface area contributed by atoms with Gasteiger partial charge in [0, 0.05) is 37.6 Å². The summed E-state index contributed by atoms with van der Waals surface area (Å²) in [6.07, 6.45) is 5.34. The Bertz CT molecular complexity index is 1210. The first-order valence-corrected chi connectivity index (χ1v) is 15.5. The molecule has 1 unspecified atom stereocenters. The number of hydrogen-bond acceptors (Lipinski definition) is 7. The van der Waals surface area contributed by atoms with Gasteiger partial charge >= 0.3 is 6.18 Å². The molecular formula is C31H43F3N6O2. The number of nitrogens with one attached hydrogen (secondary N) is 2. The van der Waals surface area contributed by atoms with Crippen LogP contribution in [0, 0.1) is 0 Å². The number of carbonyl (C=O) groups is 1. The lowest BCUT2D eigenvalue weighted by Gasteiger charge is -2.30. The number of benzene rings is 1. The fraction of sp³-hybridized carbons (Fsp3) is 0.645. The summed E-state index contributed by atoms with van der Waals surface area (Å²) in [5.41, 5.74) is 2.32. The summed E-state index contributed by atoms with van der Waals surface area (Å²) in [6, 6.07) is 7.18. The van der Waals surface area contributed by atoms with Gasteiger partial charge in [-0.15, -0.1) is 0 Å². The highest BCUT2D eigenvalue weighted by molar-refractivity contribution is 5.76. The van der Waals surface area contributed by atoms with Gasteiger partial charge in [0.1, 0.15) is 11.4 Å². The van der Waals surface area contributed by atoms with Crippen LogP contribution in [0.4, 0.5) is 30.6 Å². The number of aromatic nitrogens is 2. The molecule has 2 atom stereocenters. The molecule has 230 valence electrons. The van der Waals surface area contributed by atoms with Crippen molar-refractivity contribution < 1.29 is 22.7 Å². The van der Waals surface area contributed by atoms with E-state index in [4.69, 9.17) is 4.74 Å². The van der Waals surface area contributed by atoms with Crippen LogP contribution in [0.5, 0.6) is 0 Å². The van der Waals surface area contributed by atoms with Crippen molar-refractivity contribution in [3.63, 3.8) is 0 Å². The van der Waals surface area contributed by atoms with E-state index in [0.29, 0.717) is 45.1 Å². The molecule has 0 aliphatic carbocycles. The van der Waals surface area contributed by atoms with Gasteiger partial charge in [0.25, 0.3) is 0 Å². The third-order valence-corrected chi connectivity index (χ3v) is 8.89. The molecule has 1 aromatic heterocycles. The van der Waals surface area contributed by atoms with Crippen molar-refractivity contribution in [1.82, 2.24) is 19.8 Å². The van der Waals surface area contributed by atoms with Gasteiger partial charge in [0.05, 0.1) is 19.6 Å². The van der Waals surface area contributed by atoms with Crippen LogP contribution in [0.2, 0.25) is 0 Å². The maximum Gasteiger partial charge on any atom is 0.421 e. The number of halogens is 3. The molecule has 5 rings (SSSR count). The van der Waals surface area contributed by atoms with E-state index in [1.54, 1.807) is 4.90 Å². The monoisotopic (exact) mass is 588 g/mol. The van der Waals surface area contributed by atoms with E-state index in [9.17, 15) is 18.0 Å². The Balaban J connectivity index is 1.25. The van der Waals surface area contributed by atoms with E-state index in [0.717, 1.165) is 42.9 Å². The van der Waals surface area contributed by atoms with Gasteiger partial charge in [0.2, 0.25) is 11.9 Å². The standard InChI is InChI=1S/C31H43F3N6O2/c1-2-22-20-24(23-6-3-7-25-8-4-14-39(25)16-11-23)9-10-27(22)37-30-36-21-26(31(32,33)34)29(38-30)35-13-5-15-40-17-19-42-18-12-28(40)41/h9-10,20-21,23,25H,2-8,11-19H2,1H3,(H2,35,36,37,38)/t23?,25-/m1/s1. The summed E-state index contributed by atoms with van der Waals surface area (Å²) in [7, 11) is 0. The van der Waals surface area contributed by atoms with E-state index < -0.39 is 11.7 Å². The summed E-state index contributed by atoms with van der Waals surface area (Å²) >= 11 is 0. The van der Waals surface area contributed by atoms with Gasteiger partial charge < -0.3 is 25.2 Å². The number of amides is 1. The SMILES string of the molecule is CCc1cc(C2CCC[C@@H]3CCCN3CC2)ccc1Nc1ncc(C(F)(F)F)c(NCCCN2CCOCCC2=O)n1. The molecular weight excluding hydrogens is 545 g/mol. The van der Waals surface area contributed by atoms with E-state index in [-0.39, 0.29) is 24.2 Å². The third-order valence-electron chi connectivity index (χ3n) is 8.89. The van der Waals surface area contributed by atoms with E-state index in [1.165, 1.54) is 44.2 Å². The van der Waals surface area contributed by atoms with Gasteiger partial charge in [-0.2, -0.15) is 18.2 Å². The Labute approximate surface area is 246 Å². The Morgan fingerprint density at radius 1 is 1.07 bits per heavy atom. The molecule has 1 amide bonds. The summed E-state index contributed by atoms with van der Waals surface area (Å²) in [6.45, 7) is 6.50. The summed E-state index contributed by atoms with van der Waals surface area (Å²) < 4.78 is 46.6. The molecule has 0 saturated carbocycles. The largest absolute Gasteiger partial charge is 0.421 e. The number of carbonyl (C=O) groups excluding carboxylic acids is 1. The van der Waals surface area contributed by atoms with Crippen molar-refractivity contribution in [2.45, 2.75) is 82.8 Å². The number of anilines is 3. The average Bonchev–Trinajstić information content (AvgIpc) is 3.29. The Hall–Kier alpha value is -2.92. The first kappa shape index (κ1) is 30.5. The van der Waals surface area contributed by atoms with Crippen molar-refractivity contribution in [2.75, 3.05) is 56.6 Å². The molecule has 0 bridgehead atoms. The maximum atomic E-state index is 13.8. The fourth-order valence-corrected chi connectivity index (χ4v) is 6.53. The third kappa shape index (κ3) is 7.72. The molecule has 4 heterocycles. The Kier molecular flexibility index (Phi) is 10.2. The molecule has 1 aromatic carbocycles. The van der Waals surface area contributed by atoms with Crippen molar-refractivity contribution in [1.29, 1.82) is 0 Å². The number of aryl methyl sites for hydroxylation is 1. The Morgan fingerprint density at radius 2 is 1.93 bits per heavy atom. The van der Waals surface area contributed by atoms with Gasteiger partial charge in [-0.25, -0.2) is 4.98 Å². The second kappa shape index (κ2) is 14.0. The molecule has 11 heteroatoms. The molecule has 2 aromatic rings. The van der Waals surface area contributed by atoms with Crippen LogP contribution in [-0.4, -0.2) is 77.7 Å². The van der Waals surface area contributed by atoms with Crippen LogP contribution < -0.4 is 10.6 Å². The lowest BCUT2D eigenvalue weighted by molar-refractivity contribution is -0.137. The summed E-state index contributed by atoms with van der Waals surface area (Å²) in [5.74, 6) is 0.361. The minimum atomic E-state index is -4.60. The highest BCUT2D eigenvalue weighted by Gasteiger charge is 2.35. The van der Waals surface area contributed by atoms with Crippen LogP contribution in [-0.2, 0) is 22.1 Å². The zero-order valence-corrected chi connectivity index (χ0v) is 24.5. The number of nitrogens with zero attached hydrogens (tertiary/aromatic N) is 4. The maximum absolute atomic E-state index is 13.8. The zero-order chi connectivity index (χ0) is 29.5. The lowest BCUT2D eigenvalue weighted by atomic mass is 9.86. The topological polar surface area (TPSA) is 82.6 Å². The van der Waals surface area contributed by atoms with E-state index in [1.807, 2.05) is 6.07 Å². The fourth-order valence-electron chi connectivity index (χ4n) is 6.53. The van der Waals surface area contributed by atoms with Crippen LogP contribution >= 0.6 is 0 Å². The van der Waals surface area contributed by atoms with Crippen molar-refractivity contribution >= 4 is 23.4 Å². The predicted octanol–water partition coefficient (Wildman–Crippen LogP) is 5.97. The molecule has 42 heavy (non-hydrogen) atoms. The molecule has 3 aliphatic rings. The van der Waals surface area contributed by atoms with Gasteiger partial charge in [-0.1, -0.05) is 25.5 Å². The van der Waals surface area contributed by atoms with Crippen molar-refractivity contribution in [3.8, 4) is 0 Å². The highest BCUT2D eigenvalue weighted by Crippen LogP contribution is 2.36. The molecule has 0 radical (unpaired) electrons. The summed E-state index contributed by atoms with van der Waals surface area (Å²) in [5, 5.41) is 6.01. The molecule has 2 N–H and O–H groups in total. The minimum absolute atomic E-state index is 0.00419. The molecule has 0 spiro atoms.